The highest BCUT2D eigenvalue weighted by atomic mass is 32.1. The highest BCUT2D eigenvalue weighted by Gasteiger charge is 2.14. The Hall–Kier alpha value is -0.450. The summed E-state index contributed by atoms with van der Waals surface area (Å²) in [6, 6.07) is 0. The van der Waals surface area contributed by atoms with E-state index in [0.717, 1.165) is 18.7 Å². The van der Waals surface area contributed by atoms with Gasteiger partial charge in [-0.2, -0.15) is 0 Å². The van der Waals surface area contributed by atoms with E-state index in [1.165, 1.54) is 43.8 Å². The SMILES string of the molecule is CCCCN(CCCC)CC(C)c1nc(CCN)cs1. The van der Waals surface area contributed by atoms with Gasteiger partial charge in [-0.1, -0.05) is 33.6 Å². The van der Waals surface area contributed by atoms with Crippen LogP contribution in [0.5, 0.6) is 0 Å². The highest BCUT2D eigenvalue weighted by Crippen LogP contribution is 2.21. The lowest BCUT2D eigenvalue weighted by molar-refractivity contribution is 0.253. The number of unbranched alkanes of at least 4 members (excludes halogenated alkanes) is 2. The van der Waals surface area contributed by atoms with Crippen LogP contribution in [-0.2, 0) is 6.42 Å². The van der Waals surface area contributed by atoms with Gasteiger partial charge in [-0.3, -0.25) is 0 Å². The van der Waals surface area contributed by atoms with Crippen LogP contribution < -0.4 is 5.73 Å². The van der Waals surface area contributed by atoms with Crippen molar-refractivity contribution in [2.75, 3.05) is 26.2 Å². The van der Waals surface area contributed by atoms with Crippen LogP contribution in [0.3, 0.4) is 0 Å². The number of hydrogen-bond donors (Lipinski definition) is 1. The number of thiazole rings is 1. The molecule has 116 valence electrons. The van der Waals surface area contributed by atoms with Gasteiger partial charge in [-0.25, -0.2) is 4.98 Å². The summed E-state index contributed by atoms with van der Waals surface area (Å²) >= 11 is 1.79. The lowest BCUT2D eigenvalue weighted by Gasteiger charge is -2.24. The van der Waals surface area contributed by atoms with E-state index >= 15 is 0 Å². The Morgan fingerprint density at radius 1 is 1.25 bits per heavy atom. The van der Waals surface area contributed by atoms with Crippen LogP contribution in [0.2, 0.25) is 0 Å². The average Bonchev–Trinajstić information content (AvgIpc) is 2.91. The molecule has 20 heavy (non-hydrogen) atoms. The molecule has 0 saturated carbocycles. The lowest BCUT2D eigenvalue weighted by atomic mass is 10.1. The van der Waals surface area contributed by atoms with Gasteiger partial charge >= 0.3 is 0 Å². The van der Waals surface area contributed by atoms with Gasteiger partial charge in [-0.05, 0) is 32.5 Å². The molecule has 1 aromatic heterocycles. The maximum Gasteiger partial charge on any atom is 0.0969 e. The summed E-state index contributed by atoms with van der Waals surface area (Å²) in [5.74, 6) is 0.528. The topological polar surface area (TPSA) is 42.2 Å². The maximum atomic E-state index is 5.59. The van der Waals surface area contributed by atoms with Crippen molar-refractivity contribution in [2.45, 2.75) is 58.8 Å². The molecular formula is C16H31N3S. The van der Waals surface area contributed by atoms with Gasteiger partial charge in [-0.15, -0.1) is 11.3 Å². The number of nitrogens with zero attached hydrogens (tertiary/aromatic N) is 2. The van der Waals surface area contributed by atoms with Gasteiger partial charge in [0.15, 0.2) is 0 Å². The van der Waals surface area contributed by atoms with Crippen molar-refractivity contribution in [1.82, 2.24) is 9.88 Å². The Balaban J connectivity index is 2.51. The Morgan fingerprint density at radius 2 is 1.90 bits per heavy atom. The first-order valence-electron chi connectivity index (χ1n) is 8.07. The number of rotatable bonds is 11. The Bertz CT molecular complexity index is 343. The molecule has 0 amide bonds. The van der Waals surface area contributed by atoms with E-state index in [0.29, 0.717) is 12.5 Å². The summed E-state index contributed by atoms with van der Waals surface area (Å²) in [6.45, 7) is 11.1. The Labute approximate surface area is 128 Å². The van der Waals surface area contributed by atoms with E-state index in [1.807, 2.05) is 0 Å². The maximum absolute atomic E-state index is 5.59. The molecule has 1 heterocycles. The first-order valence-corrected chi connectivity index (χ1v) is 8.95. The van der Waals surface area contributed by atoms with E-state index < -0.39 is 0 Å². The second-order valence-corrected chi connectivity index (χ2v) is 6.51. The molecule has 0 aliphatic rings. The zero-order valence-corrected chi connectivity index (χ0v) is 14.2. The van der Waals surface area contributed by atoms with Crippen molar-refractivity contribution < 1.29 is 0 Å². The Kier molecular flexibility index (Phi) is 9.07. The molecular weight excluding hydrogens is 266 g/mol. The predicted molar refractivity (Wildman–Crippen MR) is 89.5 cm³/mol. The van der Waals surface area contributed by atoms with Crippen LogP contribution in [0.15, 0.2) is 5.38 Å². The molecule has 0 aliphatic carbocycles. The summed E-state index contributed by atoms with van der Waals surface area (Å²) in [4.78, 5) is 7.34. The predicted octanol–water partition coefficient (Wildman–Crippen LogP) is 3.65. The van der Waals surface area contributed by atoms with Crippen molar-refractivity contribution in [3.63, 3.8) is 0 Å². The van der Waals surface area contributed by atoms with Crippen molar-refractivity contribution in [3.8, 4) is 0 Å². The summed E-state index contributed by atoms with van der Waals surface area (Å²) in [6.07, 6.45) is 6.04. The molecule has 0 aromatic carbocycles. The molecule has 0 fully saturated rings. The third kappa shape index (κ3) is 6.33. The van der Waals surface area contributed by atoms with Gasteiger partial charge in [0.2, 0.25) is 0 Å². The van der Waals surface area contributed by atoms with E-state index in [9.17, 15) is 0 Å². The smallest absolute Gasteiger partial charge is 0.0969 e. The quantitative estimate of drug-likeness (QED) is 0.678. The monoisotopic (exact) mass is 297 g/mol. The molecule has 1 atom stereocenters. The molecule has 3 nitrogen and oxygen atoms in total. The minimum atomic E-state index is 0.528. The minimum absolute atomic E-state index is 0.528. The van der Waals surface area contributed by atoms with Gasteiger partial charge in [0.25, 0.3) is 0 Å². The van der Waals surface area contributed by atoms with Gasteiger partial charge < -0.3 is 10.6 Å². The third-order valence-corrected chi connectivity index (χ3v) is 4.70. The summed E-state index contributed by atoms with van der Waals surface area (Å²) < 4.78 is 0. The van der Waals surface area contributed by atoms with Crippen LogP contribution in [0.25, 0.3) is 0 Å². The van der Waals surface area contributed by atoms with Gasteiger partial charge in [0.05, 0.1) is 10.7 Å². The minimum Gasteiger partial charge on any atom is -0.330 e. The van der Waals surface area contributed by atoms with E-state index in [2.05, 4.69) is 31.1 Å². The van der Waals surface area contributed by atoms with Crippen molar-refractivity contribution in [3.05, 3.63) is 16.1 Å². The molecule has 4 heteroatoms. The molecule has 0 saturated heterocycles. The molecule has 2 N–H and O–H groups in total. The molecule has 0 spiro atoms. The van der Waals surface area contributed by atoms with Crippen LogP contribution in [0.4, 0.5) is 0 Å². The summed E-state index contributed by atoms with van der Waals surface area (Å²) in [5, 5.41) is 3.44. The van der Waals surface area contributed by atoms with Crippen LogP contribution in [0.1, 0.15) is 63.1 Å². The number of nitrogens with two attached hydrogens (primary N) is 1. The first-order chi connectivity index (χ1) is 9.71. The summed E-state index contributed by atoms with van der Waals surface area (Å²) in [5.41, 5.74) is 6.75. The molecule has 1 unspecified atom stereocenters. The van der Waals surface area contributed by atoms with E-state index in [-0.39, 0.29) is 0 Å². The molecule has 0 aliphatic heterocycles. The number of hydrogen-bond acceptors (Lipinski definition) is 4. The molecule has 0 bridgehead atoms. The average molecular weight is 298 g/mol. The van der Waals surface area contributed by atoms with Crippen molar-refractivity contribution in [2.24, 2.45) is 5.73 Å². The second kappa shape index (κ2) is 10.3. The van der Waals surface area contributed by atoms with Crippen molar-refractivity contribution >= 4 is 11.3 Å². The van der Waals surface area contributed by atoms with Gasteiger partial charge in [0.1, 0.15) is 0 Å². The standard InChI is InChI=1S/C16H31N3S/c1-4-6-10-19(11-7-5-2)12-14(3)16-18-15(8-9-17)13-20-16/h13-14H,4-12,17H2,1-3H3. The largest absolute Gasteiger partial charge is 0.330 e. The highest BCUT2D eigenvalue weighted by molar-refractivity contribution is 7.09. The molecule has 0 radical (unpaired) electrons. The zero-order chi connectivity index (χ0) is 14.8. The second-order valence-electron chi connectivity index (χ2n) is 5.62. The van der Waals surface area contributed by atoms with Gasteiger partial charge in [0, 0.05) is 24.3 Å². The van der Waals surface area contributed by atoms with E-state index in [1.54, 1.807) is 11.3 Å². The zero-order valence-electron chi connectivity index (χ0n) is 13.4. The number of aromatic nitrogens is 1. The van der Waals surface area contributed by atoms with Crippen LogP contribution in [-0.4, -0.2) is 36.1 Å². The van der Waals surface area contributed by atoms with Crippen LogP contribution >= 0.6 is 11.3 Å². The fourth-order valence-electron chi connectivity index (χ4n) is 2.33. The fraction of sp³-hybridized carbons (Fsp3) is 0.812. The van der Waals surface area contributed by atoms with E-state index in [4.69, 9.17) is 10.7 Å². The fourth-order valence-corrected chi connectivity index (χ4v) is 3.24. The lowest BCUT2D eigenvalue weighted by Crippen LogP contribution is -2.30. The van der Waals surface area contributed by atoms with Crippen molar-refractivity contribution in [1.29, 1.82) is 0 Å². The molecule has 1 aromatic rings. The summed E-state index contributed by atoms with van der Waals surface area (Å²) in [7, 11) is 0. The third-order valence-electron chi connectivity index (χ3n) is 3.58. The van der Waals surface area contributed by atoms with Crippen LogP contribution in [0, 0.1) is 0 Å². The first kappa shape index (κ1) is 17.6. The normalized spacial score (nSPS) is 13.1. The Morgan fingerprint density at radius 3 is 2.45 bits per heavy atom. The molecule has 1 rings (SSSR count).